The first-order valence-electron chi connectivity index (χ1n) is 6.48. The second kappa shape index (κ2) is 6.16. The van der Waals surface area contributed by atoms with Gasteiger partial charge >= 0.3 is 0 Å². The molecule has 2 N–H and O–H groups in total. The third-order valence-electron chi connectivity index (χ3n) is 3.50. The average Bonchev–Trinajstić information content (AvgIpc) is 2.39. The van der Waals surface area contributed by atoms with Crippen molar-refractivity contribution >= 4 is 5.69 Å². The number of halogens is 1. The van der Waals surface area contributed by atoms with Crippen LogP contribution in [0.15, 0.2) is 18.2 Å². The van der Waals surface area contributed by atoms with Crippen molar-refractivity contribution in [2.45, 2.75) is 19.4 Å². The molecule has 18 heavy (non-hydrogen) atoms. The van der Waals surface area contributed by atoms with E-state index in [1.807, 2.05) is 13.1 Å². The molecule has 0 saturated carbocycles. The number of nitrogens with zero attached hydrogens (tertiary/aromatic N) is 1. The molecule has 2 rings (SSSR count). The highest BCUT2D eigenvalue weighted by molar-refractivity contribution is 5.53. The zero-order valence-electron chi connectivity index (χ0n) is 10.9. The number of benzene rings is 1. The molecule has 1 aliphatic rings. The minimum atomic E-state index is -0.221. The Hall–Kier alpha value is -1.13. The van der Waals surface area contributed by atoms with Gasteiger partial charge in [0.1, 0.15) is 5.82 Å². The minimum absolute atomic E-state index is 0.221. The van der Waals surface area contributed by atoms with Gasteiger partial charge in [-0.1, -0.05) is 6.07 Å². The van der Waals surface area contributed by atoms with Gasteiger partial charge in [0.05, 0.1) is 6.61 Å². The van der Waals surface area contributed by atoms with Gasteiger partial charge in [-0.05, 0) is 30.9 Å². The van der Waals surface area contributed by atoms with Crippen LogP contribution in [0.5, 0.6) is 0 Å². The van der Waals surface area contributed by atoms with Gasteiger partial charge in [-0.3, -0.25) is 0 Å². The Balaban J connectivity index is 2.07. The summed E-state index contributed by atoms with van der Waals surface area (Å²) in [4.78, 5) is 2.09. The van der Waals surface area contributed by atoms with Crippen LogP contribution < -0.4 is 10.6 Å². The van der Waals surface area contributed by atoms with Crippen molar-refractivity contribution < 1.29 is 9.13 Å². The van der Waals surface area contributed by atoms with Crippen molar-refractivity contribution in [3.8, 4) is 0 Å². The summed E-state index contributed by atoms with van der Waals surface area (Å²) in [5.74, 6) is 0.305. The largest absolute Gasteiger partial charge is 0.381 e. The highest BCUT2D eigenvalue weighted by Gasteiger charge is 2.18. The lowest BCUT2D eigenvalue weighted by molar-refractivity contribution is 0.0576. The van der Waals surface area contributed by atoms with Crippen LogP contribution in [0.25, 0.3) is 0 Å². The van der Waals surface area contributed by atoms with Gasteiger partial charge in [-0.15, -0.1) is 0 Å². The van der Waals surface area contributed by atoms with Gasteiger partial charge in [0.15, 0.2) is 0 Å². The highest BCUT2D eigenvalue weighted by Crippen LogP contribution is 2.24. The summed E-state index contributed by atoms with van der Waals surface area (Å²) in [6.07, 6.45) is 2.29. The van der Waals surface area contributed by atoms with Crippen LogP contribution in [0.1, 0.15) is 18.4 Å². The average molecular weight is 252 g/mol. The van der Waals surface area contributed by atoms with Crippen LogP contribution in [0, 0.1) is 11.7 Å². The molecule has 1 heterocycles. The molecule has 1 aromatic rings. The van der Waals surface area contributed by atoms with E-state index in [0.29, 0.717) is 11.5 Å². The maximum absolute atomic E-state index is 13.7. The molecule has 0 radical (unpaired) electrons. The van der Waals surface area contributed by atoms with E-state index in [9.17, 15) is 4.39 Å². The second-order valence-corrected chi connectivity index (χ2v) is 4.91. The Morgan fingerprint density at radius 1 is 1.50 bits per heavy atom. The van der Waals surface area contributed by atoms with E-state index in [0.717, 1.165) is 31.9 Å². The molecule has 4 heteroatoms. The van der Waals surface area contributed by atoms with Crippen LogP contribution in [0.4, 0.5) is 10.1 Å². The van der Waals surface area contributed by atoms with Gasteiger partial charge in [-0.25, -0.2) is 4.39 Å². The normalized spacial score (nSPS) is 19.8. The minimum Gasteiger partial charge on any atom is -0.381 e. The lowest BCUT2D eigenvalue weighted by Crippen LogP contribution is -2.31. The maximum Gasteiger partial charge on any atom is 0.129 e. The zero-order valence-corrected chi connectivity index (χ0v) is 10.9. The number of rotatable bonds is 4. The lowest BCUT2D eigenvalue weighted by atomic mass is 10.0. The summed E-state index contributed by atoms with van der Waals surface area (Å²) in [6, 6.07) is 5.12. The zero-order chi connectivity index (χ0) is 13.0. The van der Waals surface area contributed by atoms with Crippen molar-refractivity contribution in [1.29, 1.82) is 0 Å². The summed E-state index contributed by atoms with van der Waals surface area (Å²) < 4.78 is 19.1. The van der Waals surface area contributed by atoms with Crippen molar-refractivity contribution in [3.63, 3.8) is 0 Å². The summed E-state index contributed by atoms with van der Waals surface area (Å²) in [6.45, 7) is 2.79. The van der Waals surface area contributed by atoms with Crippen molar-refractivity contribution in [2.75, 3.05) is 31.7 Å². The third kappa shape index (κ3) is 3.00. The lowest BCUT2D eigenvalue weighted by Gasteiger charge is -2.29. The first kappa shape index (κ1) is 13.3. The first-order chi connectivity index (χ1) is 8.72. The van der Waals surface area contributed by atoms with Crippen LogP contribution >= 0.6 is 0 Å². The smallest absolute Gasteiger partial charge is 0.129 e. The molecule has 0 spiro atoms. The van der Waals surface area contributed by atoms with Gasteiger partial charge < -0.3 is 15.4 Å². The molecule has 0 amide bonds. The Bertz CT molecular complexity index is 391. The summed E-state index contributed by atoms with van der Waals surface area (Å²) >= 11 is 0. The maximum atomic E-state index is 13.7. The fourth-order valence-electron chi connectivity index (χ4n) is 2.54. The number of hydrogen-bond acceptors (Lipinski definition) is 3. The Morgan fingerprint density at radius 3 is 3.00 bits per heavy atom. The van der Waals surface area contributed by atoms with E-state index in [-0.39, 0.29) is 12.4 Å². The van der Waals surface area contributed by atoms with Gasteiger partial charge in [-0.2, -0.15) is 0 Å². The molecule has 0 aliphatic carbocycles. The molecule has 3 nitrogen and oxygen atoms in total. The molecule has 0 bridgehead atoms. The van der Waals surface area contributed by atoms with E-state index < -0.39 is 0 Å². The van der Waals surface area contributed by atoms with E-state index in [1.54, 1.807) is 6.07 Å². The highest BCUT2D eigenvalue weighted by atomic mass is 19.1. The number of anilines is 1. The fraction of sp³-hybridized carbons (Fsp3) is 0.571. The predicted molar refractivity (Wildman–Crippen MR) is 71.1 cm³/mol. The molecule has 1 saturated heterocycles. The van der Waals surface area contributed by atoms with Crippen LogP contribution in [-0.2, 0) is 11.3 Å². The summed E-state index contributed by atoms with van der Waals surface area (Å²) in [7, 11) is 1.99. The van der Waals surface area contributed by atoms with E-state index in [1.165, 1.54) is 12.5 Å². The molecule has 1 fully saturated rings. The van der Waals surface area contributed by atoms with Gasteiger partial charge in [0.25, 0.3) is 0 Å². The first-order valence-corrected chi connectivity index (χ1v) is 6.48. The molecule has 100 valence electrons. The van der Waals surface area contributed by atoms with Crippen LogP contribution in [0.3, 0.4) is 0 Å². The van der Waals surface area contributed by atoms with E-state index in [2.05, 4.69) is 4.90 Å². The van der Waals surface area contributed by atoms with Gasteiger partial charge in [0, 0.05) is 38.0 Å². The molecule has 0 aromatic heterocycles. The third-order valence-corrected chi connectivity index (χ3v) is 3.50. The summed E-state index contributed by atoms with van der Waals surface area (Å²) in [5, 5.41) is 0. The number of hydrogen-bond donors (Lipinski definition) is 1. The van der Waals surface area contributed by atoms with Gasteiger partial charge in [0.2, 0.25) is 0 Å². The number of nitrogens with two attached hydrogens (primary N) is 1. The molecule has 1 aromatic carbocycles. The Labute approximate surface area is 108 Å². The monoisotopic (exact) mass is 252 g/mol. The Kier molecular flexibility index (Phi) is 4.55. The van der Waals surface area contributed by atoms with E-state index >= 15 is 0 Å². The van der Waals surface area contributed by atoms with Crippen molar-refractivity contribution in [3.05, 3.63) is 29.6 Å². The molecular weight excluding hydrogens is 231 g/mol. The standard InChI is InChI=1S/C14H21FN2O/c1-17(9-11-4-3-7-18-10-11)14-6-2-5-13(15)12(14)8-16/h2,5-6,11H,3-4,7-10,16H2,1H3. The van der Waals surface area contributed by atoms with Crippen molar-refractivity contribution in [1.82, 2.24) is 0 Å². The quantitative estimate of drug-likeness (QED) is 0.892. The predicted octanol–water partition coefficient (Wildman–Crippen LogP) is 2.15. The Morgan fingerprint density at radius 2 is 2.33 bits per heavy atom. The SMILES string of the molecule is CN(CC1CCCOC1)c1cccc(F)c1CN. The fourth-order valence-corrected chi connectivity index (χ4v) is 2.54. The molecule has 1 atom stereocenters. The molecule has 1 aliphatic heterocycles. The van der Waals surface area contributed by atoms with E-state index in [4.69, 9.17) is 10.5 Å². The topological polar surface area (TPSA) is 38.5 Å². The second-order valence-electron chi connectivity index (χ2n) is 4.91. The van der Waals surface area contributed by atoms with Crippen LogP contribution in [0.2, 0.25) is 0 Å². The summed E-state index contributed by atoms with van der Waals surface area (Å²) in [5.41, 5.74) is 7.12. The molecular formula is C14H21FN2O. The molecule has 1 unspecified atom stereocenters. The van der Waals surface area contributed by atoms with Crippen LogP contribution in [-0.4, -0.2) is 26.8 Å². The number of ether oxygens (including phenoxy) is 1. The van der Waals surface area contributed by atoms with Crippen molar-refractivity contribution in [2.24, 2.45) is 11.7 Å².